The number of H-pyrrole nitrogens is 2. The van der Waals surface area contributed by atoms with Crippen LogP contribution >= 0.6 is 7.82 Å². The van der Waals surface area contributed by atoms with Gasteiger partial charge in [0, 0.05) is 30.6 Å². The number of anilines is 5. The van der Waals surface area contributed by atoms with Crippen molar-refractivity contribution < 1.29 is 68.0 Å². The molecule has 2 aromatic heterocycles. The highest BCUT2D eigenvalue weighted by Crippen LogP contribution is 2.41. The number of carbonyl (C=O) groups excluding carboxylic acids is 3. The summed E-state index contributed by atoms with van der Waals surface area (Å²) < 4.78 is 21.4. The maximum absolute atomic E-state index is 13.4. The molecular formula is C29H36N11O15P. The zero-order chi connectivity index (χ0) is 41.1. The molecule has 4 heterocycles. The van der Waals surface area contributed by atoms with Crippen LogP contribution in [0.4, 0.5) is 29.0 Å². The molecule has 1 fully saturated rings. The Balaban J connectivity index is 1.49. The van der Waals surface area contributed by atoms with Crippen LogP contribution in [0.2, 0.25) is 0 Å². The minimum Gasteiger partial charge on any atom is -0.481 e. The number of carboxylic acid groups (broad SMARTS) is 2. The van der Waals surface area contributed by atoms with Crippen molar-refractivity contribution in [1.29, 1.82) is 0 Å². The number of hydrogen-bond acceptors (Lipinski definition) is 17. The maximum atomic E-state index is 13.4. The van der Waals surface area contributed by atoms with Crippen molar-refractivity contribution in [2.75, 3.05) is 46.7 Å². The number of ether oxygens (including phenoxy) is 1. The number of hydrogen-bond donors (Lipinski definition) is 14. The fourth-order valence-electron chi connectivity index (χ4n) is 5.83. The quantitative estimate of drug-likeness (QED) is 0.0493. The standard InChI is InChI=1S/C29H36N11O15P/c30-21-17(25(47)38-27-20(55-56(51,52)53)19(45)15(8-41)54-27)35-22(36-21)12-5-10(24(46)34-13(28(49)50)2-4-16(43)44)1-3-14(12)40(9-42)7-11-6-32-23-18(33-11)26(48)39-29(31)37-23/h1,3,5,9,11,13,15,19-20,27,33,41,45H,2,4,6-8,30H2,(H,34,46)(H,35,36)(H,38,47)(H,43,44)(H,49,50)(H2,51,52,53)(H4,31,32,37,39,48)/t11?,13?,15-,19-,20-,27?/m1/s1. The van der Waals surface area contributed by atoms with E-state index in [-0.39, 0.29) is 53.2 Å². The Morgan fingerprint density at radius 3 is 2.52 bits per heavy atom. The third-order valence-electron chi connectivity index (χ3n) is 8.43. The van der Waals surface area contributed by atoms with Crippen LogP contribution in [-0.2, 0) is 28.2 Å². The average molecular weight is 810 g/mol. The highest BCUT2D eigenvalue weighted by atomic mass is 31.2. The number of phosphoric ester groups is 1. The van der Waals surface area contributed by atoms with Crippen molar-refractivity contribution in [3.63, 3.8) is 0 Å². The Kier molecular flexibility index (Phi) is 12.2. The summed E-state index contributed by atoms with van der Waals surface area (Å²) in [6, 6.07) is 1.43. The Labute approximate surface area is 312 Å². The number of carbonyl (C=O) groups is 5. The molecule has 0 saturated carbocycles. The van der Waals surface area contributed by atoms with Crippen LogP contribution < -0.4 is 43.2 Å². The SMILES string of the molecule is Nc1nc2c(c(=O)[nH]1)NC(CN(C=O)c1ccc(C(=O)NC(CCC(=O)O)C(=O)O)cc1-c1nc(N)c(C(=O)NC3O[C@H](CO)[C@@H](O)[C@H]3OP(=O)(O)O)[nH]1)CN2. The number of nitrogens with two attached hydrogens (primary N) is 2. The minimum atomic E-state index is -5.25. The van der Waals surface area contributed by atoms with E-state index in [0.29, 0.717) is 6.41 Å². The zero-order valence-electron chi connectivity index (χ0n) is 28.6. The van der Waals surface area contributed by atoms with E-state index < -0.39 is 105 Å². The molecule has 0 spiro atoms. The number of fused-ring (bicyclic) bond motifs is 1. The number of carboxylic acids is 2. The summed E-state index contributed by atoms with van der Waals surface area (Å²) in [6.07, 6.45) is -7.42. The van der Waals surface area contributed by atoms with Gasteiger partial charge in [0.15, 0.2) is 17.9 Å². The van der Waals surface area contributed by atoms with Gasteiger partial charge in [-0.2, -0.15) is 4.98 Å². The molecule has 3 aromatic rings. The van der Waals surface area contributed by atoms with Gasteiger partial charge in [0.2, 0.25) is 12.4 Å². The van der Waals surface area contributed by atoms with Gasteiger partial charge in [-0.05, 0) is 24.6 Å². The molecule has 0 bridgehead atoms. The molecule has 3 unspecified atom stereocenters. The first-order valence-corrected chi connectivity index (χ1v) is 17.8. The van der Waals surface area contributed by atoms with Crippen molar-refractivity contribution >= 4 is 66.9 Å². The number of amides is 3. The third kappa shape index (κ3) is 9.37. The van der Waals surface area contributed by atoms with Gasteiger partial charge >= 0.3 is 19.8 Å². The van der Waals surface area contributed by atoms with E-state index in [1.54, 1.807) is 0 Å². The number of aromatic amines is 2. The van der Waals surface area contributed by atoms with Gasteiger partial charge in [0.25, 0.3) is 17.4 Å². The highest BCUT2D eigenvalue weighted by Gasteiger charge is 2.48. The Morgan fingerprint density at radius 1 is 1.14 bits per heavy atom. The Hall–Kier alpha value is -6.15. The second-order valence-corrected chi connectivity index (χ2v) is 13.5. The van der Waals surface area contributed by atoms with Gasteiger partial charge in [0.1, 0.15) is 41.6 Å². The van der Waals surface area contributed by atoms with Gasteiger partial charge in [-0.1, -0.05) is 0 Å². The lowest BCUT2D eigenvalue weighted by molar-refractivity contribution is -0.140. The minimum absolute atomic E-state index is 0.0383. The third-order valence-corrected chi connectivity index (χ3v) is 8.95. The molecule has 5 rings (SSSR count). The molecule has 1 saturated heterocycles. The number of aliphatic hydroxyl groups is 2. The first kappa shape index (κ1) is 41.0. The van der Waals surface area contributed by atoms with E-state index in [9.17, 15) is 58.4 Å². The van der Waals surface area contributed by atoms with Gasteiger partial charge < -0.3 is 77.6 Å². The average Bonchev–Trinajstić information content (AvgIpc) is 3.66. The largest absolute Gasteiger partial charge is 0.481 e. The van der Waals surface area contributed by atoms with Gasteiger partial charge in [-0.15, -0.1) is 0 Å². The highest BCUT2D eigenvalue weighted by molar-refractivity contribution is 7.46. The first-order chi connectivity index (χ1) is 26.4. The molecule has 2 aliphatic heterocycles. The van der Waals surface area contributed by atoms with Gasteiger partial charge in [-0.3, -0.25) is 33.5 Å². The number of phosphoric acid groups is 1. The van der Waals surface area contributed by atoms with Crippen molar-refractivity contribution in [2.45, 2.75) is 49.5 Å². The summed E-state index contributed by atoms with van der Waals surface area (Å²) in [5.74, 6) is -5.60. The van der Waals surface area contributed by atoms with Crippen LogP contribution in [0.5, 0.6) is 0 Å². The summed E-state index contributed by atoms with van der Waals surface area (Å²) in [5.41, 5.74) is 10.4. The van der Waals surface area contributed by atoms with Crippen molar-refractivity contribution in [1.82, 2.24) is 30.6 Å². The molecule has 26 nitrogen and oxygen atoms in total. The van der Waals surface area contributed by atoms with Crippen LogP contribution in [-0.4, -0.2) is 137 Å². The van der Waals surface area contributed by atoms with Crippen LogP contribution in [0.1, 0.15) is 33.7 Å². The lowest BCUT2D eigenvalue weighted by atomic mass is 10.0. The number of nitrogens with one attached hydrogen (secondary N) is 6. The number of imidazole rings is 1. The van der Waals surface area contributed by atoms with E-state index in [0.717, 1.165) is 4.90 Å². The summed E-state index contributed by atoms with van der Waals surface area (Å²) in [5, 5.41) is 48.8. The fourth-order valence-corrected chi connectivity index (χ4v) is 6.38. The summed E-state index contributed by atoms with van der Waals surface area (Å²) in [7, 11) is -5.25. The summed E-state index contributed by atoms with van der Waals surface area (Å²) >= 11 is 0. The molecule has 1 aromatic carbocycles. The lowest BCUT2D eigenvalue weighted by Gasteiger charge is -2.31. The fraction of sp³-hybridized carbons (Fsp3) is 0.379. The van der Waals surface area contributed by atoms with E-state index in [1.165, 1.54) is 18.2 Å². The van der Waals surface area contributed by atoms with Gasteiger partial charge in [-0.25, -0.2) is 14.3 Å². The summed E-state index contributed by atoms with van der Waals surface area (Å²) in [4.78, 5) is 108. The Morgan fingerprint density at radius 2 is 1.88 bits per heavy atom. The van der Waals surface area contributed by atoms with E-state index in [2.05, 4.69) is 45.7 Å². The molecule has 56 heavy (non-hydrogen) atoms. The van der Waals surface area contributed by atoms with E-state index in [1.807, 2.05) is 0 Å². The normalized spacial score (nSPS) is 20.8. The maximum Gasteiger partial charge on any atom is 0.470 e. The molecule has 0 radical (unpaired) electrons. The number of aliphatic carboxylic acids is 2. The summed E-state index contributed by atoms with van der Waals surface area (Å²) in [6.45, 7) is -0.833. The number of nitrogen functional groups attached to an aromatic ring is 2. The van der Waals surface area contributed by atoms with Crippen molar-refractivity contribution in [3.8, 4) is 11.4 Å². The van der Waals surface area contributed by atoms with Crippen LogP contribution in [0.15, 0.2) is 23.0 Å². The predicted molar refractivity (Wildman–Crippen MR) is 189 cm³/mol. The lowest BCUT2D eigenvalue weighted by Crippen LogP contribution is -2.45. The molecule has 6 atom stereocenters. The molecule has 16 N–H and O–H groups in total. The molecule has 302 valence electrons. The molecule has 27 heteroatoms. The predicted octanol–water partition coefficient (Wildman–Crippen LogP) is -3.47. The van der Waals surface area contributed by atoms with Crippen LogP contribution in [0, 0.1) is 0 Å². The Bertz CT molecular complexity index is 2120. The van der Waals surface area contributed by atoms with Crippen molar-refractivity contribution in [3.05, 3.63) is 39.8 Å². The molecule has 0 aliphatic carbocycles. The number of nitrogens with zero attached hydrogens (tertiary/aromatic N) is 3. The van der Waals surface area contributed by atoms with E-state index >= 15 is 0 Å². The monoisotopic (exact) mass is 809 g/mol. The number of aliphatic hydroxyl groups excluding tert-OH is 2. The number of rotatable bonds is 16. The number of aromatic nitrogens is 4. The van der Waals surface area contributed by atoms with E-state index in [4.69, 9.17) is 21.3 Å². The number of benzene rings is 1. The second-order valence-electron chi connectivity index (χ2n) is 12.3. The molecular weight excluding hydrogens is 773 g/mol. The topological polar surface area (TPSA) is 420 Å². The smallest absolute Gasteiger partial charge is 0.470 e. The molecule has 2 aliphatic rings. The van der Waals surface area contributed by atoms with Gasteiger partial charge in [0.05, 0.1) is 18.3 Å². The second kappa shape index (κ2) is 16.7. The van der Waals surface area contributed by atoms with Crippen molar-refractivity contribution in [2.24, 2.45) is 0 Å². The molecule has 3 amide bonds. The van der Waals surface area contributed by atoms with Crippen LogP contribution in [0.3, 0.4) is 0 Å². The first-order valence-electron chi connectivity index (χ1n) is 16.3. The zero-order valence-corrected chi connectivity index (χ0v) is 29.5. The van der Waals surface area contributed by atoms with Crippen LogP contribution in [0.25, 0.3) is 11.4 Å².